The Balaban J connectivity index is 2.12. The molecule has 0 bridgehead atoms. The molecule has 0 unspecified atom stereocenters. The molecule has 2 heterocycles. The molecule has 0 saturated carbocycles. The molecule has 0 amide bonds. The number of aromatic amines is 1. The van der Waals surface area contributed by atoms with E-state index in [9.17, 15) is 4.79 Å². The molecule has 0 aliphatic rings. The highest BCUT2D eigenvalue weighted by Crippen LogP contribution is 2.32. The van der Waals surface area contributed by atoms with E-state index in [-0.39, 0.29) is 0 Å². The van der Waals surface area contributed by atoms with Crippen molar-refractivity contribution in [1.82, 2.24) is 9.97 Å². The quantitative estimate of drug-likeness (QED) is 0.710. The van der Waals surface area contributed by atoms with Gasteiger partial charge in [-0.15, -0.1) is 0 Å². The largest absolute Gasteiger partial charge is 0.461 e. The van der Waals surface area contributed by atoms with Gasteiger partial charge in [-0.2, -0.15) is 0 Å². The third-order valence-corrected chi connectivity index (χ3v) is 3.42. The number of benzene rings is 1. The second-order valence-electron chi connectivity index (χ2n) is 4.65. The SMILES string of the molecule is CCOC(=O)c1[nH]c2cc(Cl)ccc2c1Nc1ccncc1. The second-order valence-corrected chi connectivity index (χ2v) is 5.08. The van der Waals surface area contributed by atoms with Crippen molar-refractivity contribution in [3.63, 3.8) is 0 Å². The first-order chi connectivity index (χ1) is 10.7. The first-order valence-corrected chi connectivity index (χ1v) is 7.22. The van der Waals surface area contributed by atoms with Crippen LogP contribution in [0.5, 0.6) is 0 Å². The van der Waals surface area contributed by atoms with Gasteiger partial charge in [-0.25, -0.2) is 4.79 Å². The van der Waals surface area contributed by atoms with Gasteiger partial charge < -0.3 is 15.0 Å². The smallest absolute Gasteiger partial charge is 0.356 e. The number of rotatable bonds is 4. The topological polar surface area (TPSA) is 67.0 Å². The standard InChI is InChI=1S/C16H14ClN3O2/c1-2-22-16(21)15-14(19-11-5-7-18-8-6-11)12-4-3-10(17)9-13(12)20-15/h3-9,20H,2H2,1H3,(H,18,19). The number of halogens is 1. The minimum atomic E-state index is -0.411. The number of nitrogens with zero attached hydrogens (tertiary/aromatic N) is 1. The maximum atomic E-state index is 12.2. The molecule has 6 heteroatoms. The summed E-state index contributed by atoms with van der Waals surface area (Å²) in [6, 6.07) is 9.07. The number of fused-ring (bicyclic) bond motifs is 1. The molecule has 1 aromatic carbocycles. The van der Waals surface area contributed by atoms with E-state index in [0.29, 0.717) is 23.0 Å². The summed E-state index contributed by atoms with van der Waals surface area (Å²) in [6.45, 7) is 2.08. The van der Waals surface area contributed by atoms with Crippen molar-refractivity contribution < 1.29 is 9.53 Å². The van der Waals surface area contributed by atoms with Crippen LogP contribution >= 0.6 is 11.6 Å². The van der Waals surface area contributed by atoms with Crippen LogP contribution in [0.1, 0.15) is 17.4 Å². The lowest BCUT2D eigenvalue weighted by molar-refractivity contribution is 0.0522. The summed E-state index contributed by atoms with van der Waals surface area (Å²) < 4.78 is 5.11. The van der Waals surface area contributed by atoms with Crippen LogP contribution in [0.3, 0.4) is 0 Å². The molecule has 0 aliphatic carbocycles. The van der Waals surface area contributed by atoms with E-state index in [1.54, 1.807) is 31.5 Å². The van der Waals surface area contributed by atoms with Gasteiger partial charge in [-0.3, -0.25) is 4.98 Å². The first-order valence-electron chi connectivity index (χ1n) is 6.84. The highest BCUT2D eigenvalue weighted by molar-refractivity contribution is 6.31. The van der Waals surface area contributed by atoms with E-state index in [0.717, 1.165) is 16.6 Å². The monoisotopic (exact) mass is 315 g/mol. The molecule has 112 valence electrons. The van der Waals surface area contributed by atoms with Gasteiger partial charge in [0.15, 0.2) is 0 Å². The molecule has 0 aliphatic heterocycles. The highest BCUT2D eigenvalue weighted by Gasteiger charge is 2.19. The molecule has 2 N–H and O–H groups in total. The van der Waals surface area contributed by atoms with Crippen LogP contribution in [0.2, 0.25) is 5.02 Å². The van der Waals surface area contributed by atoms with Crippen LogP contribution in [0.15, 0.2) is 42.7 Å². The molecule has 3 aromatic rings. The average molecular weight is 316 g/mol. The lowest BCUT2D eigenvalue weighted by atomic mass is 10.2. The Hall–Kier alpha value is -2.53. The molecular formula is C16H14ClN3O2. The summed E-state index contributed by atoms with van der Waals surface area (Å²) in [5.41, 5.74) is 2.63. The molecule has 0 atom stereocenters. The number of carbonyl (C=O) groups excluding carboxylic acids is 1. The minimum absolute atomic E-state index is 0.309. The van der Waals surface area contributed by atoms with Crippen LogP contribution in [0.25, 0.3) is 10.9 Å². The van der Waals surface area contributed by atoms with Gasteiger partial charge in [0.1, 0.15) is 5.69 Å². The Bertz CT molecular complexity index is 815. The van der Waals surface area contributed by atoms with Gasteiger partial charge >= 0.3 is 5.97 Å². The minimum Gasteiger partial charge on any atom is -0.461 e. The summed E-state index contributed by atoms with van der Waals surface area (Å²) in [4.78, 5) is 19.2. The number of esters is 1. The number of anilines is 2. The van der Waals surface area contributed by atoms with Crippen molar-refractivity contribution in [1.29, 1.82) is 0 Å². The number of H-pyrrole nitrogens is 1. The first kappa shape index (κ1) is 14.4. The van der Waals surface area contributed by atoms with E-state index < -0.39 is 5.97 Å². The van der Waals surface area contributed by atoms with Gasteiger partial charge in [0, 0.05) is 34.0 Å². The summed E-state index contributed by atoms with van der Waals surface area (Å²) in [7, 11) is 0. The van der Waals surface area contributed by atoms with Gasteiger partial charge in [0.25, 0.3) is 0 Å². The van der Waals surface area contributed by atoms with Crippen LogP contribution in [-0.2, 0) is 4.74 Å². The van der Waals surface area contributed by atoms with Crippen LogP contribution in [0, 0.1) is 0 Å². The molecule has 22 heavy (non-hydrogen) atoms. The average Bonchev–Trinajstić information content (AvgIpc) is 2.86. The van der Waals surface area contributed by atoms with E-state index in [4.69, 9.17) is 16.3 Å². The number of aromatic nitrogens is 2. The Morgan fingerprint density at radius 3 is 2.82 bits per heavy atom. The molecule has 0 fully saturated rings. The number of pyridine rings is 1. The predicted octanol–water partition coefficient (Wildman–Crippen LogP) is 4.14. The summed E-state index contributed by atoms with van der Waals surface area (Å²) in [5, 5.41) is 4.70. The number of hydrogen-bond donors (Lipinski definition) is 2. The number of hydrogen-bond acceptors (Lipinski definition) is 4. The molecule has 5 nitrogen and oxygen atoms in total. The zero-order valence-corrected chi connectivity index (χ0v) is 12.6. The van der Waals surface area contributed by atoms with Crippen molar-refractivity contribution in [3.8, 4) is 0 Å². The fraction of sp³-hybridized carbons (Fsp3) is 0.125. The van der Waals surface area contributed by atoms with Gasteiger partial charge in [-0.1, -0.05) is 11.6 Å². The molecule has 3 rings (SSSR count). The van der Waals surface area contributed by atoms with E-state index in [1.807, 2.05) is 18.2 Å². The third-order valence-electron chi connectivity index (χ3n) is 3.19. The Labute approximate surface area is 132 Å². The number of nitrogens with one attached hydrogen (secondary N) is 2. The van der Waals surface area contributed by atoms with E-state index in [1.165, 1.54) is 0 Å². The fourth-order valence-corrected chi connectivity index (χ4v) is 2.41. The van der Waals surface area contributed by atoms with Crippen molar-refractivity contribution in [2.45, 2.75) is 6.92 Å². The Morgan fingerprint density at radius 2 is 2.09 bits per heavy atom. The highest BCUT2D eigenvalue weighted by atomic mass is 35.5. The van der Waals surface area contributed by atoms with Gasteiger partial charge in [-0.05, 0) is 37.3 Å². The molecule has 0 saturated heterocycles. The Kier molecular flexibility index (Phi) is 3.98. The number of ether oxygens (including phenoxy) is 1. The summed E-state index contributed by atoms with van der Waals surface area (Å²) in [6.07, 6.45) is 3.36. The molecule has 2 aromatic heterocycles. The normalized spacial score (nSPS) is 10.6. The van der Waals surface area contributed by atoms with Crippen LogP contribution in [0.4, 0.5) is 11.4 Å². The molecule has 0 radical (unpaired) electrons. The predicted molar refractivity (Wildman–Crippen MR) is 86.8 cm³/mol. The maximum absolute atomic E-state index is 12.2. The molecule has 0 spiro atoms. The lowest BCUT2D eigenvalue weighted by Crippen LogP contribution is -2.07. The van der Waals surface area contributed by atoms with E-state index in [2.05, 4.69) is 15.3 Å². The second kappa shape index (κ2) is 6.07. The zero-order valence-electron chi connectivity index (χ0n) is 11.9. The fourth-order valence-electron chi connectivity index (χ4n) is 2.24. The third kappa shape index (κ3) is 2.76. The van der Waals surface area contributed by atoms with Crippen molar-refractivity contribution in [2.75, 3.05) is 11.9 Å². The van der Waals surface area contributed by atoms with Crippen LogP contribution in [-0.4, -0.2) is 22.5 Å². The van der Waals surface area contributed by atoms with Crippen LogP contribution < -0.4 is 5.32 Å². The van der Waals surface area contributed by atoms with Crippen molar-refractivity contribution in [2.24, 2.45) is 0 Å². The molecular weight excluding hydrogens is 302 g/mol. The van der Waals surface area contributed by atoms with Crippen molar-refractivity contribution >= 4 is 39.8 Å². The maximum Gasteiger partial charge on any atom is 0.356 e. The Morgan fingerprint density at radius 1 is 1.32 bits per heavy atom. The lowest BCUT2D eigenvalue weighted by Gasteiger charge is -2.07. The number of carbonyl (C=O) groups is 1. The summed E-state index contributed by atoms with van der Waals surface area (Å²) >= 11 is 6.02. The van der Waals surface area contributed by atoms with Gasteiger partial charge in [0.2, 0.25) is 0 Å². The summed E-state index contributed by atoms with van der Waals surface area (Å²) in [5.74, 6) is -0.411. The van der Waals surface area contributed by atoms with Gasteiger partial charge in [0.05, 0.1) is 12.3 Å². The zero-order chi connectivity index (χ0) is 15.5. The van der Waals surface area contributed by atoms with E-state index >= 15 is 0 Å². The van der Waals surface area contributed by atoms with Crippen molar-refractivity contribution in [3.05, 3.63) is 53.4 Å².